The fraction of sp³-hybridized carbons (Fsp3) is 0.294. The molecule has 134 valence electrons. The van der Waals surface area contributed by atoms with Gasteiger partial charge in [-0.2, -0.15) is 0 Å². The van der Waals surface area contributed by atoms with Crippen LogP contribution in [-0.2, 0) is 4.74 Å². The molecule has 3 N–H and O–H groups in total. The number of hydrogen-bond donors (Lipinski definition) is 3. The van der Waals surface area contributed by atoms with Gasteiger partial charge in [-0.1, -0.05) is 18.2 Å². The molecule has 1 aromatic carbocycles. The molecule has 1 aliphatic heterocycles. The van der Waals surface area contributed by atoms with Crippen LogP contribution in [0.25, 0.3) is 11.2 Å². The molecule has 3 atom stereocenters. The Bertz CT molecular complexity index is 929. The Kier molecular flexibility index (Phi) is 4.33. The summed E-state index contributed by atoms with van der Waals surface area (Å²) in [6.07, 6.45) is 1.26. The third-order valence-electron chi connectivity index (χ3n) is 4.32. The van der Waals surface area contributed by atoms with Crippen molar-refractivity contribution in [3.63, 3.8) is 0 Å². The summed E-state index contributed by atoms with van der Waals surface area (Å²) in [4.78, 5) is 25.0. The summed E-state index contributed by atoms with van der Waals surface area (Å²) >= 11 is 0. The average molecular weight is 355 g/mol. The largest absolute Gasteiger partial charge is 0.394 e. The first kappa shape index (κ1) is 16.6. The van der Waals surface area contributed by atoms with E-state index >= 15 is 0 Å². The van der Waals surface area contributed by atoms with Crippen LogP contribution >= 0.6 is 0 Å². The third-order valence-corrected chi connectivity index (χ3v) is 4.32. The highest BCUT2D eigenvalue weighted by Gasteiger charge is 2.35. The third kappa shape index (κ3) is 2.92. The maximum Gasteiger partial charge on any atom is 0.256 e. The fourth-order valence-electron chi connectivity index (χ4n) is 2.97. The Morgan fingerprint density at radius 1 is 1.27 bits per heavy atom. The van der Waals surface area contributed by atoms with Gasteiger partial charge in [0, 0.05) is 12.0 Å². The fourth-order valence-corrected chi connectivity index (χ4v) is 2.97. The highest BCUT2D eigenvalue weighted by Crippen LogP contribution is 2.31. The van der Waals surface area contributed by atoms with Crippen molar-refractivity contribution in [2.24, 2.45) is 0 Å². The normalized spacial score (nSPS) is 22.6. The number of ether oxygens (including phenoxy) is 1. The van der Waals surface area contributed by atoms with Crippen molar-refractivity contribution in [2.45, 2.75) is 24.9 Å². The highest BCUT2D eigenvalue weighted by atomic mass is 16.5. The second kappa shape index (κ2) is 6.79. The standard InChI is InChI=1S/C17H17N5O4/c23-7-12-11(24)6-13(26-12)22-9-20-14-15(18-8-19-16(14)22)21-17(25)10-4-2-1-3-5-10/h1-5,8-9,11-13,23-24H,6-7H2,(H,18,19,21,25)/t11-,12?,13?/m0/s1. The number of aliphatic hydroxyl groups excluding tert-OH is 2. The molecule has 0 radical (unpaired) electrons. The van der Waals surface area contributed by atoms with Gasteiger partial charge in [0.1, 0.15) is 18.7 Å². The van der Waals surface area contributed by atoms with Crippen LogP contribution in [0.4, 0.5) is 5.82 Å². The van der Waals surface area contributed by atoms with Crippen molar-refractivity contribution < 1.29 is 19.7 Å². The lowest BCUT2D eigenvalue weighted by Gasteiger charge is -2.13. The predicted molar refractivity (Wildman–Crippen MR) is 91.3 cm³/mol. The molecule has 2 aromatic heterocycles. The number of rotatable bonds is 4. The minimum atomic E-state index is -0.762. The second-order valence-corrected chi connectivity index (χ2v) is 5.98. The maximum absolute atomic E-state index is 12.4. The van der Waals surface area contributed by atoms with E-state index in [-0.39, 0.29) is 12.5 Å². The lowest BCUT2D eigenvalue weighted by molar-refractivity contribution is -0.0432. The van der Waals surface area contributed by atoms with Crippen molar-refractivity contribution in [1.82, 2.24) is 19.5 Å². The van der Waals surface area contributed by atoms with Gasteiger partial charge in [-0.25, -0.2) is 15.0 Å². The van der Waals surface area contributed by atoms with Crippen LogP contribution in [-0.4, -0.2) is 54.5 Å². The number of aromatic nitrogens is 4. The van der Waals surface area contributed by atoms with E-state index in [1.54, 1.807) is 28.8 Å². The number of fused-ring (bicyclic) bond motifs is 1. The molecule has 3 aromatic rings. The lowest BCUT2D eigenvalue weighted by atomic mass is 10.2. The van der Waals surface area contributed by atoms with E-state index in [2.05, 4.69) is 20.3 Å². The van der Waals surface area contributed by atoms with Crippen LogP contribution in [0.5, 0.6) is 0 Å². The second-order valence-electron chi connectivity index (χ2n) is 5.98. The molecule has 9 heteroatoms. The van der Waals surface area contributed by atoms with Gasteiger partial charge in [-0.05, 0) is 12.1 Å². The zero-order chi connectivity index (χ0) is 18.1. The number of benzene rings is 1. The molecule has 3 heterocycles. The van der Waals surface area contributed by atoms with Crippen LogP contribution in [0.2, 0.25) is 0 Å². The van der Waals surface area contributed by atoms with Crippen molar-refractivity contribution in [3.8, 4) is 0 Å². The molecular weight excluding hydrogens is 338 g/mol. The number of nitrogens with one attached hydrogen (secondary N) is 1. The predicted octanol–water partition coefficient (Wildman–Crippen LogP) is 0.719. The zero-order valence-corrected chi connectivity index (χ0v) is 13.7. The first-order valence-electron chi connectivity index (χ1n) is 8.15. The molecular formula is C17H17N5O4. The van der Waals surface area contributed by atoms with Crippen LogP contribution in [0, 0.1) is 0 Å². The molecule has 0 bridgehead atoms. The molecule has 1 aliphatic rings. The topological polar surface area (TPSA) is 122 Å². The SMILES string of the molecule is O=C(Nc1ncnc2c1ncn2C1C[C@H](O)C(CO)O1)c1ccccc1. The van der Waals surface area contributed by atoms with Crippen LogP contribution in [0.3, 0.4) is 0 Å². The number of aliphatic hydroxyl groups is 2. The molecule has 9 nitrogen and oxygen atoms in total. The van der Waals surface area contributed by atoms with Gasteiger partial charge in [-0.15, -0.1) is 0 Å². The molecule has 1 fully saturated rings. The van der Waals surface area contributed by atoms with E-state index in [1.807, 2.05) is 6.07 Å². The zero-order valence-electron chi connectivity index (χ0n) is 13.7. The van der Waals surface area contributed by atoms with E-state index in [0.717, 1.165) is 0 Å². The number of anilines is 1. The number of imidazole rings is 1. The van der Waals surface area contributed by atoms with Gasteiger partial charge < -0.3 is 20.3 Å². The Balaban J connectivity index is 1.63. The summed E-state index contributed by atoms with van der Waals surface area (Å²) in [5.41, 5.74) is 1.40. The summed E-state index contributed by atoms with van der Waals surface area (Å²) in [6.45, 7) is -0.266. The summed E-state index contributed by atoms with van der Waals surface area (Å²) in [6, 6.07) is 8.79. The lowest BCUT2D eigenvalue weighted by Crippen LogP contribution is -2.24. The molecule has 1 amide bonds. The number of nitrogens with zero attached hydrogens (tertiary/aromatic N) is 4. The molecule has 0 spiro atoms. The van der Waals surface area contributed by atoms with E-state index in [4.69, 9.17) is 4.74 Å². The Labute approximate surface area is 148 Å². The van der Waals surface area contributed by atoms with Crippen molar-refractivity contribution in [2.75, 3.05) is 11.9 Å². The monoisotopic (exact) mass is 355 g/mol. The minimum Gasteiger partial charge on any atom is -0.394 e. The van der Waals surface area contributed by atoms with Crippen LogP contribution in [0.15, 0.2) is 43.0 Å². The van der Waals surface area contributed by atoms with Crippen molar-refractivity contribution in [3.05, 3.63) is 48.5 Å². The van der Waals surface area contributed by atoms with Crippen molar-refractivity contribution >= 4 is 22.9 Å². The number of carbonyl (C=O) groups is 1. The molecule has 2 unspecified atom stereocenters. The molecule has 0 aliphatic carbocycles. The Morgan fingerprint density at radius 3 is 2.81 bits per heavy atom. The van der Waals surface area contributed by atoms with E-state index in [0.29, 0.717) is 29.0 Å². The smallest absolute Gasteiger partial charge is 0.256 e. The molecule has 0 saturated carbocycles. The minimum absolute atomic E-state index is 0.266. The first-order chi connectivity index (χ1) is 12.7. The van der Waals surface area contributed by atoms with Gasteiger partial charge in [0.15, 0.2) is 17.0 Å². The molecule has 26 heavy (non-hydrogen) atoms. The van der Waals surface area contributed by atoms with Gasteiger partial charge in [0.05, 0.1) is 19.0 Å². The maximum atomic E-state index is 12.4. The van der Waals surface area contributed by atoms with Gasteiger partial charge in [0.25, 0.3) is 5.91 Å². The van der Waals surface area contributed by atoms with E-state index in [9.17, 15) is 15.0 Å². The van der Waals surface area contributed by atoms with Gasteiger partial charge in [0.2, 0.25) is 0 Å². The summed E-state index contributed by atoms with van der Waals surface area (Å²) < 4.78 is 7.30. The van der Waals surface area contributed by atoms with Crippen LogP contribution in [0.1, 0.15) is 23.0 Å². The van der Waals surface area contributed by atoms with Gasteiger partial charge in [-0.3, -0.25) is 9.36 Å². The summed E-state index contributed by atoms with van der Waals surface area (Å²) in [5.74, 6) is -0.00658. The first-order valence-corrected chi connectivity index (χ1v) is 8.15. The number of carbonyl (C=O) groups excluding carboxylic acids is 1. The van der Waals surface area contributed by atoms with E-state index < -0.39 is 18.4 Å². The summed E-state index contributed by atoms with van der Waals surface area (Å²) in [5, 5.41) is 21.9. The molecule has 4 rings (SSSR count). The highest BCUT2D eigenvalue weighted by molar-refractivity contribution is 6.06. The number of amides is 1. The Morgan fingerprint density at radius 2 is 2.08 bits per heavy atom. The quantitative estimate of drug-likeness (QED) is 0.630. The molecule has 1 saturated heterocycles. The van der Waals surface area contributed by atoms with Crippen molar-refractivity contribution in [1.29, 1.82) is 0 Å². The van der Waals surface area contributed by atoms with Gasteiger partial charge >= 0.3 is 0 Å². The Hall–Kier alpha value is -2.88. The van der Waals surface area contributed by atoms with E-state index in [1.165, 1.54) is 12.7 Å². The summed E-state index contributed by atoms with van der Waals surface area (Å²) in [7, 11) is 0. The number of hydrogen-bond acceptors (Lipinski definition) is 7. The van der Waals surface area contributed by atoms with Crippen LogP contribution < -0.4 is 5.32 Å². The average Bonchev–Trinajstić information content (AvgIpc) is 3.26.